The maximum Gasteiger partial charge on any atom is 0.133 e. The van der Waals surface area contributed by atoms with Crippen molar-refractivity contribution < 1.29 is 4.79 Å². The summed E-state index contributed by atoms with van der Waals surface area (Å²) in [5.41, 5.74) is 2.63. The predicted octanol–water partition coefficient (Wildman–Crippen LogP) is 5.15. The van der Waals surface area contributed by atoms with Crippen LogP contribution in [0.5, 0.6) is 0 Å². The van der Waals surface area contributed by atoms with Crippen molar-refractivity contribution in [3.05, 3.63) is 11.6 Å². The highest BCUT2D eigenvalue weighted by atomic mass is 16.1. The van der Waals surface area contributed by atoms with Crippen LogP contribution in [0.1, 0.15) is 72.1 Å². The van der Waals surface area contributed by atoms with Gasteiger partial charge in [0, 0.05) is 12.8 Å². The first kappa shape index (κ1) is 14.0. The lowest BCUT2D eigenvalue weighted by atomic mass is 9.45. The van der Waals surface area contributed by atoms with Crippen molar-refractivity contribution in [1.82, 2.24) is 0 Å². The van der Waals surface area contributed by atoms with Crippen LogP contribution in [0.2, 0.25) is 0 Å². The Morgan fingerprint density at radius 3 is 2.71 bits per heavy atom. The molecule has 0 aromatic rings. The number of hydrogen-bond donors (Lipinski definition) is 0. The molecule has 4 rings (SSSR count). The van der Waals surface area contributed by atoms with Crippen LogP contribution in [0.3, 0.4) is 0 Å². The Kier molecular flexibility index (Phi) is 2.98. The van der Waals surface area contributed by atoms with Gasteiger partial charge in [-0.05, 0) is 80.0 Å². The fraction of sp³-hybridized carbons (Fsp3) is 0.850. The Hall–Kier alpha value is -0.590. The van der Waals surface area contributed by atoms with E-state index >= 15 is 0 Å². The maximum atomic E-state index is 11.9. The van der Waals surface area contributed by atoms with Gasteiger partial charge in [-0.15, -0.1) is 0 Å². The molecule has 0 aliphatic heterocycles. The normalized spacial score (nSPS) is 52.7. The van der Waals surface area contributed by atoms with Gasteiger partial charge in [0.1, 0.15) is 5.78 Å². The molecular weight excluding hydrogens is 256 g/mol. The van der Waals surface area contributed by atoms with Gasteiger partial charge in [-0.25, -0.2) is 0 Å². The Morgan fingerprint density at radius 2 is 1.90 bits per heavy atom. The van der Waals surface area contributed by atoms with E-state index in [2.05, 4.69) is 26.8 Å². The summed E-state index contributed by atoms with van der Waals surface area (Å²) in [4.78, 5) is 11.9. The lowest BCUT2D eigenvalue weighted by Gasteiger charge is -2.60. The Morgan fingerprint density at radius 1 is 1.10 bits per heavy atom. The zero-order valence-electron chi connectivity index (χ0n) is 14.0. The molecule has 0 saturated heterocycles. The number of rotatable bonds is 0. The van der Waals surface area contributed by atoms with Crippen LogP contribution in [0.25, 0.3) is 0 Å². The minimum atomic E-state index is 0.467. The fourth-order valence-corrected chi connectivity index (χ4v) is 6.83. The van der Waals surface area contributed by atoms with E-state index < -0.39 is 0 Å². The van der Waals surface area contributed by atoms with Crippen LogP contribution < -0.4 is 0 Å². The summed E-state index contributed by atoms with van der Waals surface area (Å²) in [5.74, 6) is 3.94. The summed E-state index contributed by atoms with van der Waals surface area (Å²) in [5, 5.41) is 0. The summed E-state index contributed by atoms with van der Waals surface area (Å²) in [6, 6.07) is 0. The van der Waals surface area contributed by atoms with Crippen molar-refractivity contribution in [3.8, 4) is 0 Å². The zero-order valence-corrected chi connectivity index (χ0v) is 14.0. The standard InChI is InChI=1S/C20H30O/c1-13-4-7-17-16-6-5-14-12-15(21)8-10-20(14,3)18(16)9-11-19(13,17)2/h4,14,16-18H,5-12H2,1-3H3/t14-,16+,17-,18-,19+,20+/m1/s1. The number of carbonyl (C=O) groups is 1. The predicted molar refractivity (Wildman–Crippen MR) is 85.9 cm³/mol. The summed E-state index contributed by atoms with van der Waals surface area (Å²) < 4.78 is 0. The van der Waals surface area contributed by atoms with Gasteiger partial charge in [0.2, 0.25) is 0 Å². The summed E-state index contributed by atoms with van der Waals surface area (Å²) in [6.07, 6.45) is 12.3. The number of ketones is 1. The lowest BCUT2D eigenvalue weighted by molar-refractivity contribution is -0.137. The van der Waals surface area contributed by atoms with E-state index in [1.165, 1.54) is 38.5 Å². The quantitative estimate of drug-likeness (QED) is 0.562. The Balaban J connectivity index is 1.64. The van der Waals surface area contributed by atoms with Crippen LogP contribution in [-0.4, -0.2) is 5.78 Å². The van der Waals surface area contributed by atoms with Gasteiger partial charge in [-0.2, -0.15) is 0 Å². The highest BCUT2D eigenvalue weighted by Gasteiger charge is 2.57. The van der Waals surface area contributed by atoms with Gasteiger partial charge in [-0.1, -0.05) is 25.5 Å². The van der Waals surface area contributed by atoms with E-state index in [1.807, 2.05) is 0 Å². The molecule has 0 aromatic heterocycles. The van der Waals surface area contributed by atoms with E-state index in [4.69, 9.17) is 0 Å². The number of allylic oxidation sites excluding steroid dienone is 2. The minimum absolute atomic E-state index is 0.467. The van der Waals surface area contributed by atoms with Gasteiger partial charge in [-0.3, -0.25) is 4.79 Å². The van der Waals surface area contributed by atoms with E-state index in [0.717, 1.165) is 30.6 Å². The van der Waals surface area contributed by atoms with Crippen LogP contribution >= 0.6 is 0 Å². The summed E-state index contributed by atoms with van der Waals surface area (Å²) >= 11 is 0. The van der Waals surface area contributed by atoms with E-state index in [-0.39, 0.29) is 0 Å². The molecule has 0 bridgehead atoms. The van der Waals surface area contributed by atoms with E-state index in [1.54, 1.807) is 5.57 Å². The van der Waals surface area contributed by atoms with Gasteiger partial charge in [0.25, 0.3) is 0 Å². The van der Waals surface area contributed by atoms with E-state index in [0.29, 0.717) is 22.5 Å². The monoisotopic (exact) mass is 286 g/mol. The van der Waals surface area contributed by atoms with Crippen LogP contribution in [-0.2, 0) is 4.79 Å². The second-order valence-electron chi connectivity index (χ2n) is 8.98. The SMILES string of the molecule is CC1=CC[C@@H]2[C@@H]3CC[C@@H]4CC(=O)CC[C@]4(C)[C@@H]3CC[C@@]12C. The zero-order chi connectivity index (χ0) is 14.8. The van der Waals surface area contributed by atoms with Crippen molar-refractivity contribution in [2.75, 3.05) is 0 Å². The highest BCUT2D eigenvalue weighted by molar-refractivity contribution is 5.79. The molecule has 3 saturated carbocycles. The molecular formula is C20H30O. The number of Topliss-reactive ketones (excluding diaryl/α,β-unsaturated/α-hetero) is 1. The van der Waals surface area contributed by atoms with Crippen LogP contribution in [0, 0.1) is 34.5 Å². The second-order valence-corrected chi connectivity index (χ2v) is 8.98. The molecule has 0 unspecified atom stereocenters. The molecule has 4 aliphatic carbocycles. The lowest BCUT2D eigenvalue weighted by Crippen LogP contribution is -2.53. The molecule has 1 heteroatoms. The number of fused-ring (bicyclic) bond motifs is 5. The van der Waals surface area contributed by atoms with Crippen molar-refractivity contribution >= 4 is 5.78 Å². The molecule has 116 valence electrons. The maximum absolute atomic E-state index is 11.9. The molecule has 6 atom stereocenters. The molecule has 4 aliphatic rings. The number of carbonyl (C=O) groups excluding carboxylic acids is 1. The summed E-state index contributed by atoms with van der Waals surface area (Å²) in [7, 11) is 0. The molecule has 0 amide bonds. The third-order valence-electron chi connectivity index (χ3n) is 8.45. The number of hydrogen-bond acceptors (Lipinski definition) is 1. The van der Waals surface area contributed by atoms with Crippen molar-refractivity contribution in [2.24, 2.45) is 34.5 Å². The Labute approximate surface area is 129 Å². The minimum Gasteiger partial charge on any atom is -0.300 e. The molecule has 0 aromatic carbocycles. The fourth-order valence-electron chi connectivity index (χ4n) is 6.83. The van der Waals surface area contributed by atoms with Gasteiger partial charge >= 0.3 is 0 Å². The van der Waals surface area contributed by atoms with Gasteiger partial charge < -0.3 is 0 Å². The third kappa shape index (κ3) is 1.79. The molecule has 1 nitrogen and oxygen atoms in total. The third-order valence-corrected chi connectivity index (χ3v) is 8.45. The molecule has 0 N–H and O–H groups in total. The molecule has 0 heterocycles. The summed E-state index contributed by atoms with van der Waals surface area (Å²) in [6.45, 7) is 7.44. The molecule has 0 radical (unpaired) electrons. The van der Waals surface area contributed by atoms with Crippen LogP contribution in [0.15, 0.2) is 11.6 Å². The van der Waals surface area contributed by atoms with Gasteiger partial charge in [0.05, 0.1) is 0 Å². The largest absolute Gasteiger partial charge is 0.300 e. The topological polar surface area (TPSA) is 17.1 Å². The van der Waals surface area contributed by atoms with Crippen molar-refractivity contribution in [2.45, 2.75) is 72.1 Å². The van der Waals surface area contributed by atoms with Crippen molar-refractivity contribution in [3.63, 3.8) is 0 Å². The van der Waals surface area contributed by atoms with Crippen LogP contribution in [0.4, 0.5) is 0 Å². The first-order valence-corrected chi connectivity index (χ1v) is 9.14. The highest BCUT2D eigenvalue weighted by Crippen LogP contribution is 2.65. The Bertz CT molecular complexity index is 504. The second kappa shape index (κ2) is 4.46. The van der Waals surface area contributed by atoms with E-state index in [9.17, 15) is 4.79 Å². The molecule has 21 heavy (non-hydrogen) atoms. The first-order chi connectivity index (χ1) is 9.95. The average molecular weight is 286 g/mol. The molecule has 0 spiro atoms. The van der Waals surface area contributed by atoms with Gasteiger partial charge in [0.15, 0.2) is 0 Å². The smallest absolute Gasteiger partial charge is 0.133 e. The average Bonchev–Trinajstić information content (AvgIpc) is 2.76. The van der Waals surface area contributed by atoms with Crippen molar-refractivity contribution in [1.29, 1.82) is 0 Å². The molecule has 3 fully saturated rings. The first-order valence-electron chi connectivity index (χ1n) is 9.14.